The Balaban J connectivity index is 1.66. The lowest BCUT2D eigenvalue weighted by Gasteiger charge is -2.31. The maximum absolute atomic E-state index is 12.7. The molecule has 3 rings (SSSR count). The van der Waals surface area contributed by atoms with Crippen LogP contribution >= 0.6 is 0 Å². The molecule has 0 aromatic rings. The fourth-order valence-electron chi connectivity index (χ4n) is 4.50. The molecule has 0 unspecified atom stereocenters. The number of rotatable bonds is 2. The Hall–Kier alpha value is -1.10. The van der Waals surface area contributed by atoms with Crippen LogP contribution in [0.15, 0.2) is 0 Å². The summed E-state index contributed by atoms with van der Waals surface area (Å²) in [6.45, 7) is 3.01. The van der Waals surface area contributed by atoms with E-state index in [2.05, 4.69) is 5.32 Å². The summed E-state index contributed by atoms with van der Waals surface area (Å²) in [6, 6.07) is 0. The van der Waals surface area contributed by atoms with Crippen LogP contribution in [0, 0.1) is 17.3 Å². The van der Waals surface area contributed by atoms with Gasteiger partial charge in [0.15, 0.2) is 0 Å². The van der Waals surface area contributed by atoms with Crippen molar-refractivity contribution in [2.45, 2.75) is 38.5 Å². The molecule has 118 valence electrons. The number of nitrogens with one attached hydrogen (secondary N) is 1. The molecule has 5 heteroatoms. The Morgan fingerprint density at radius 3 is 2.67 bits per heavy atom. The molecule has 21 heavy (non-hydrogen) atoms. The van der Waals surface area contributed by atoms with Crippen molar-refractivity contribution >= 4 is 11.8 Å². The first kappa shape index (κ1) is 14.8. The molecule has 3 fully saturated rings. The highest BCUT2D eigenvalue weighted by Crippen LogP contribution is 2.50. The van der Waals surface area contributed by atoms with Gasteiger partial charge in [-0.25, -0.2) is 0 Å². The smallest absolute Gasteiger partial charge is 0.225 e. The zero-order valence-electron chi connectivity index (χ0n) is 12.9. The highest BCUT2D eigenvalue weighted by atomic mass is 16.5. The number of carbonyl (C=O) groups is 2. The summed E-state index contributed by atoms with van der Waals surface area (Å²) in [5.41, 5.74) is 0.0426. The van der Waals surface area contributed by atoms with Gasteiger partial charge in [-0.1, -0.05) is 6.42 Å². The third kappa shape index (κ3) is 2.68. The van der Waals surface area contributed by atoms with Crippen LogP contribution in [0.25, 0.3) is 0 Å². The summed E-state index contributed by atoms with van der Waals surface area (Å²) < 4.78 is 5.35. The molecule has 3 aliphatic rings. The van der Waals surface area contributed by atoms with Gasteiger partial charge in [-0.05, 0) is 32.1 Å². The Morgan fingerprint density at radius 2 is 1.95 bits per heavy atom. The standard InChI is InChI=1S/C16H26N2O3/c1-17-14(19)13-3-2-6-16(13)7-8-18(11-16)15(20)12-4-9-21-10-5-12/h12-13H,2-11H2,1H3,(H,17,19)/t13-,16+/m1/s1. The highest BCUT2D eigenvalue weighted by Gasteiger charge is 2.51. The van der Waals surface area contributed by atoms with Gasteiger partial charge in [0.1, 0.15) is 0 Å². The number of carbonyl (C=O) groups excluding carboxylic acids is 2. The molecular weight excluding hydrogens is 268 g/mol. The number of amides is 2. The Kier molecular flexibility index (Phi) is 4.20. The summed E-state index contributed by atoms with van der Waals surface area (Å²) in [6.07, 6.45) is 5.85. The van der Waals surface area contributed by atoms with E-state index >= 15 is 0 Å². The zero-order valence-corrected chi connectivity index (χ0v) is 12.9. The number of nitrogens with zero attached hydrogens (tertiary/aromatic N) is 1. The van der Waals surface area contributed by atoms with E-state index in [1.807, 2.05) is 4.90 Å². The monoisotopic (exact) mass is 294 g/mol. The molecule has 2 amide bonds. The van der Waals surface area contributed by atoms with Crippen LogP contribution in [0.1, 0.15) is 38.5 Å². The van der Waals surface area contributed by atoms with E-state index < -0.39 is 0 Å². The largest absolute Gasteiger partial charge is 0.381 e. The predicted octanol–water partition coefficient (Wildman–Crippen LogP) is 1.18. The van der Waals surface area contributed by atoms with Crippen molar-refractivity contribution in [2.24, 2.45) is 17.3 Å². The van der Waals surface area contributed by atoms with Crippen molar-refractivity contribution in [1.29, 1.82) is 0 Å². The van der Waals surface area contributed by atoms with Gasteiger partial charge in [0.2, 0.25) is 11.8 Å². The van der Waals surface area contributed by atoms with E-state index in [1.54, 1.807) is 7.05 Å². The molecule has 0 radical (unpaired) electrons. The summed E-state index contributed by atoms with van der Waals surface area (Å²) in [7, 11) is 1.72. The van der Waals surface area contributed by atoms with Crippen molar-refractivity contribution in [2.75, 3.05) is 33.4 Å². The van der Waals surface area contributed by atoms with E-state index in [9.17, 15) is 9.59 Å². The van der Waals surface area contributed by atoms with Crippen molar-refractivity contribution in [1.82, 2.24) is 10.2 Å². The van der Waals surface area contributed by atoms with Crippen LogP contribution in [0.4, 0.5) is 0 Å². The lowest BCUT2D eigenvalue weighted by Crippen LogP contribution is -2.42. The van der Waals surface area contributed by atoms with Gasteiger partial charge in [0, 0.05) is 50.6 Å². The second-order valence-electron chi connectivity index (χ2n) is 6.82. The van der Waals surface area contributed by atoms with E-state index in [-0.39, 0.29) is 29.1 Å². The summed E-state index contributed by atoms with van der Waals surface area (Å²) in [5.74, 6) is 0.675. The van der Waals surface area contributed by atoms with Crippen LogP contribution in [0.2, 0.25) is 0 Å². The van der Waals surface area contributed by atoms with Crippen molar-refractivity contribution < 1.29 is 14.3 Å². The molecule has 1 N–H and O–H groups in total. The molecule has 5 nitrogen and oxygen atoms in total. The SMILES string of the molecule is CNC(=O)[C@H]1CCC[C@@]12CCN(C(=O)C1CCOCC1)C2. The van der Waals surface area contributed by atoms with Gasteiger partial charge in [0.25, 0.3) is 0 Å². The number of ether oxygens (including phenoxy) is 1. The summed E-state index contributed by atoms with van der Waals surface area (Å²) in [5, 5.41) is 2.81. The minimum atomic E-state index is 0.0426. The van der Waals surface area contributed by atoms with Gasteiger partial charge >= 0.3 is 0 Å². The predicted molar refractivity (Wildman–Crippen MR) is 78.6 cm³/mol. The first-order valence-electron chi connectivity index (χ1n) is 8.24. The number of hydrogen-bond acceptors (Lipinski definition) is 3. The molecule has 0 bridgehead atoms. The molecule has 2 atom stereocenters. The van der Waals surface area contributed by atoms with Gasteiger partial charge in [-0.2, -0.15) is 0 Å². The fourth-order valence-corrected chi connectivity index (χ4v) is 4.50. The molecule has 1 spiro atoms. The van der Waals surface area contributed by atoms with E-state index in [1.165, 1.54) is 0 Å². The normalized spacial score (nSPS) is 33.6. The fraction of sp³-hybridized carbons (Fsp3) is 0.875. The molecule has 1 aliphatic carbocycles. The average molecular weight is 294 g/mol. The van der Waals surface area contributed by atoms with Gasteiger partial charge in [-0.15, -0.1) is 0 Å². The number of likely N-dealkylation sites (tertiary alicyclic amines) is 1. The topological polar surface area (TPSA) is 58.6 Å². The third-order valence-corrected chi connectivity index (χ3v) is 5.74. The minimum Gasteiger partial charge on any atom is -0.381 e. The maximum atomic E-state index is 12.7. The summed E-state index contributed by atoms with van der Waals surface area (Å²) in [4.78, 5) is 26.8. The first-order valence-corrected chi connectivity index (χ1v) is 8.24. The molecule has 0 aromatic heterocycles. The van der Waals surface area contributed by atoms with Crippen molar-refractivity contribution in [3.05, 3.63) is 0 Å². The summed E-state index contributed by atoms with van der Waals surface area (Å²) >= 11 is 0. The average Bonchev–Trinajstić information content (AvgIpc) is 3.14. The van der Waals surface area contributed by atoms with E-state index in [0.29, 0.717) is 13.2 Å². The molecule has 2 heterocycles. The van der Waals surface area contributed by atoms with Crippen LogP contribution in [0.3, 0.4) is 0 Å². The van der Waals surface area contributed by atoms with Crippen LogP contribution < -0.4 is 5.32 Å². The molecule has 0 aromatic carbocycles. The molecule has 2 saturated heterocycles. The third-order valence-electron chi connectivity index (χ3n) is 5.74. The lowest BCUT2D eigenvalue weighted by molar-refractivity contribution is -0.138. The molecule has 2 aliphatic heterocycles. The maximum Gasteiger partial charge on any atom is 0.225 e. The molecular formula is C16H26N2O3. The second kappa shape index (κ2) is 5.95. The van der Waals surface area contributed by atoms with Crippen LogP contribution in [-0.2, 0) is 14.3 Å². The Bertz CT molecular complexity index is 420. The zero-order chi connectivity index (χ0) is 14.9. The quantitative estimate of drug-likeness (QED) is 0.832. The van der Waals surface area contributed by atoms with E-state index in [0.717, 1.165) is 51.6 Å². The first-order chi connectivity index (χ1) is 10.2. The lowest BCUT2D eigenvalue weighted by atomic mass is 9.76. The van der Waals surface area contributed by atoms with Gasteiger partial charge < -0.3 is 15.0 Å². The minimum absolute atomic E-state index is 0.0426. The molecule has 1 saturated carbocycles. The second-order valence-corrected chi connectivity index (χ2v) is 6.82. The van der Waals surface area contributed by atoms with Crippen LogP contribution in [-0.4, -0.2) is 50.1 Å². The van der Waals surface area contributed by atoms with Crippen molar-refractivity contribution in [3.8, 4) is 0 Å². The van der Waals surface area contributed by atoms with Gasteiger partial charge in [-0.3, -0.25) is 9.59 Å². The Morgan fingerprint density at radius 1 is 1.19 bits per heavy atom. The van der Waals surface area contributed by atoms with Gasteiger partial charge in [0.05, 0.1) is 0 Å². The number of hydrogen-bond donors (Lipinski definition) is 1. The van der Waals surface area contributed by atoms with Crippen molar-refractivity contribution in [3.63, 3.8) is 0 Å². The Labute approximate surface area is 126 Å². The van der Waals surface area contributed by atoms with Crippen LogP contribution in [0.5, 0.6) is 0 Å². The van der Waals surface area contributed by atoms with E-state index in [4.69, 9.17) is 4.74 Å². The highest BCUT2D eigenvalue weighted by molar-refractivity contribution is 5.81.